The monoisotopic (exact) mass is 446 g/mol. The van der Waals surface area contributed by atoms with E-state index in [-0.39, 0.29) is 5.56 Å². The fourth-order valence-corrected chi connectivity index (χ4v) is 4.59. The van der Waals surface area contributed by atoms with Gasteiger partial charge in [-0.15, -0.1) is 0 Å². The molecule has 1 N–H and O–H groups in total. The largest absolute Gasteiger partial charge is 0.500 e. The highest BCUT2D eigenvalue weighted by Gasteiger charge is 2.45. The zero-order valence-electron chi connectivity index (χ0n) is 15.4. The van der Waals surface area contributed by atoms with Crippen LogP contribution in [0.2, 0.25) is 6.04 Å². The van der Waals surface area contributed by atoms with E-state index in [0.717, 1.165) is 5.56 Å². The second kappa shape index (κ2) is 9.80. The molecule has 0 heterocycles. The summed E-state index contributed by atoms with van der Waals surface area (Å²) >= 11 is 0. The van der Waals surface area contributed by atoms with E-state index in [1.54, 1.807) is 0 Å². The number of rotatable bonds is 10. The molecule has 160 valence electrons. The summed E-state index contributed by atoms with van der Waals surface area (Å²) < 4.78 is 88.6. The summed E-state index contributed by atoms with van der Waals surface area (Å²) in [6, 6.07) is 5.93. The van der Waals surface area contributed by atoms with E-state index in [4.69, 9.17) is 17.8 Å². The first-order chi connectivity index (χ1) is 12.9. The minimum Gasteiger partial charge on any atom is -0.448 e. The topological polar surface area (TPSA) is 108 Å². The van der Waals surface area contributed by atoms with E-state index in [0.29, 0.717) is 12.5 Å². The Bertz CT molecular complexity index is 739. The summed E-state index contributed by atoms with van der Waals surface area (Å²) in [5.41, 5.74) is 0.534. The Balaban J connectivity index is 2.82. The van der Waals surface area contributed by atoms with Crippen molar-refractivity contribution in [1.82, 2.24) is 0 Å². The molecule has 8 nitrogen and oxygen atoms in total. The van der Waals surface area contributed by atoms with Crippen LogP contribution in [0.25, 0.3) is 0 Å². The van der Waals surface area contributed by atoms with Gasteiger partial charge in [-0.1, -0.05) is 12.1 Å². The Morgan fingerprint density at radius 1 is 1.11 bits per heavy atom. The Hall–Kier alpha value is -1.51. The van der Waals surface area contributed by atoms with Gasteiger partial charge in [0.15, 0.2) is 0 Å². The summed E-state index contributed by atoms with van der Waals surface area (Å²) in [5.74, 6) is -3.15. The molecule has 0 spiro atoms. The summed E-state index contributed by atoms with van der Waals surface area (Å²) in [7, 11) is -3.42. The van der Waals surface area contributed by atoms with Crippen molar-refractivity contribution in [2.45, 2.75) is 24.7 Å². The Morgan fingerprint density at radius 2 is 1.61 bits per heavy atom. The van der Waals surface area contributed by atoms with Crippen LogP contribution in [0.4, 0.5) is 13.2 Å². The van der Waals surface area contributed by atoms with Crippen LogP contribution in [0.5, 0.6) is 0 Å². The van der Waals surface area contributed by atoms with Crippen LogP contribution in [0.1, 0.15) is 15.9 Å². The first kappa shape index (κ1) is 24.5. The smallest absolute Gasteiger partial charge is 0.448 e. The molecule has 0 saturated heterocycles. The first-order valence-electron chi connectivity index (χ1n) is 7.83. The van der Waals surface area contributed by atoms with Gasteiger partial charge in [-0.05, 0) is 24.1 Å². The highest BCUT2D eigenvalue weighted by Crippen LogP contribution is 2.25. The normalized spacial score (nSPS) is 14.0. The third kappa shape index (κ3) is 7.48. The average molecular weight is 446 g/mol. The van der Waals surface area contributed by atoms with E-state index in [2.05, 4.69) is 4.74 Å². The molecule has 28 heavy (non-hydrogen) atoms. The van der Waals surface area contributed by atoms with E-state index in [1.165, 1.54) is 45.6 Å². The number of carbonyl (C=O) groups is 1. The van der Waals surface area contributed by atoms with Gasteiger partial charge in [0.25, 0.3) is 10.1 Å². The predicted octanol–water partition coefficient (Wildman–Crippen LogP) is 2.08. The SMILES string of the molecule is CO[Si](CCc1ccc(C(=O)OC(CS(=O)(=O)O)C(F)(F)F)cc1)(OC)OC. The van der Waals surface area contributed by atoms with Gasteiger partial charge in [-0.3, -0.25) is 4.55 Å². The van der Waals surface area contributed by atoms with Gasteiger partial charge >= 0.3 is 21.0 Å². The molecule has 0 fully saturated rings. The molecule has 1 unspecified atom stereocenters. The number of esters is 1. The minimum absolute atomic E-state index is 0.206. The van der Waals surface area contributed by atoms with Gasteiger partial charge in [-0.2, -0.15) is 21.6 Å². The molecule has 0 radical (unpaired) electrons. The van der Waals surface area contributed by atoms with Crippen molar-refractivity contribution in [3.8, 4) is 0 Å². The van der Waals surface area contributed by atoms with Crippen molar-refractivity contribution in [1.29, 1.82) is 0 Å². The van der Waals surface area contributed by atoms with Gasteiger partial charge in [0.1, 0.15) is 5.75 Å². The van der Waals surface area contributed by atoms with Gasteiger partial charge in [-0.25, -0.2) is 4.79 Å². The third-order valence-electron chi connectivity index (χ3n) is 3.82. The maximum Gasteiger partial charge on any atom is 0.500 e. The van der Waals surface area contributed by atoms with E-state index >= 15 is 0 Å². The molecule has 0 aliphatic rings. The number of carbonyl (C=O) groups excluding carboxylic acids is 1. The predicted molar refractivity (Wildman–Crippen MR) is 93.4 cm³/mol. The summed E-state index contributed by atoms with van der Waals surface area (Å²) in [5, 5.41) is 0. The molecule has 0 aliphatic heterocycles. The lowest BCUT2D eigenvalue weighted by Crippen LogP contribution is -2.43. The number of aryl methyl sites for hydroxylation is 1. The van der Waals surface area contributed by atoms with Crippen molar-refractivity contribution in [2.24, 2.45) is 0 Å². The molecule has 0 amide bonds. The second-order valence-electron chi connectivity index (χ2n) is 5.68. The quantitative estimate of drug-likeness (QED) is 0.331. The molecule has 0 aromatic heterocycles. The number of halogens is 3. The Morgan fingerprint density at radius 3 is 2.00 bits per heavy atom. The zero-order valence-corrected chi connectivity index (χ0v) is 17.2. The standard InChI is InChI=1S/C15H21F3O8SSi/c1-23-28(24-2,25-3)9-8-11-4-6-12(7-5-11)14(19)26-13(15(16,17)18)10-27(20,21)22/h4-7,13H,8-10H2,1-3H3,(H,20,21,22). The van der Waals surface area contributed by atoms with Crippen molar-refractivity contribution in [2.75, 3.05) is 27.1 Å². The lowest BCUT2D eigenvalue weighted by atomic mass is 10.1. The fourth-order valence-electron chi connectivity index (χ4n) is 2.24. The Kier molecular flexibility index (Phi) is 8.58. The zero-order chi connectivity index (χ0) is 21.6. The molecular weight excluding hydrogens is 425 g/mol. The van der Waals surface area contributed by atoms with Crippen molar-refractivity contribution >= 4 is 24.9 Å². The van der Waals surface area contributed by atoms with Crippen molar-refractivity contribution in [3.63, 3.8) is 0 Å². The van der Waals surface area contributed by atoms with E-state index < -0.39 is 42.9 Å². The van der Waals surface area contributed by atoms with Gasteiger partial charge in [0, 0.05) is 27.4 Å². The summed E-state index contributed by atoms with van der Waals surface area (Å²) in [6.45, 7) is 0. The molecule has 1 rings (SSSR count). The van der Waals surface area contributed by atoms with Crippen LogP contribution in [-0.2, 0) is 34.6 Å². The van der Waals surface area contributed by atoms with Crippen LogP contribution in [0.15, 0.2) is 24.3 Å². The summed E-state index contributed by atoms with van der Waals surface area (Å²) in [4.78, 5) is 11.9. The van der Waals surface area contributed by atoms with Crippen LogP contribution in [-0.4, -0.2) is 67.1 Å². The summed E-state index contributed by atoms with van der Waals surface area (Å²) in [6.07, 6.45) is -7.67. The van der Waals surface area contributed by atoms with Crippen molar-refractivity contribution in [3.05, 3.63) is 35.4 Å². The molecule has 0 aliphatic carbocycles. The van der Waals surface area contributed by atoms with Gasteiger partial charge < -0.3 is 18.0 Å². The second-order valence-corrected chi connectivity index (χ2v) is 10.3. The van der Waals surface area contributed by atoms with E-state index in [9.17, 15) is 26.4 Å². The molecule has 1 atom stereocenters. The van der Waals surface area contributed by atoms with Gasteiger partial charge in [0.2, 0.25) is 6.10 Å². The molecule has 0 bridgehead atoms. The molecule has 1 aromatic carbocycles. The van der Waals surface area contributed by atoms with Gasteiger partial charge in [0.05, 0.1) is 5.56 Å². The lowest BCUT2D eigenvalue weighted by molar-refractivity contribution is -0.197. The lowest BCUT2D eigenvalue weighted by Gasteiger charge is -2.24. The fraction of sp³-hybridized carbons (Fsp3) is 0.533. The Labute approximate surface area is 161 Å². The number of benzene rings is 1. The highest BCUT2D eigenvalue weighted by atomic mass is 32.2. The number of ether oxygens (including phenoxy) is 1. The first-order valence-corrected chi connectivity index (χ1v) is 11.4. The molecule has 1 aromatic rings. The number of hydrogen-bond acceptors (Lipinski definition) is 7. The highest BCUT2D eigenvalue weighted by molar-refractivity contribution is 7.85. The van der Waals surface area contributed by atoms with Crippen LogP contribution < -0.4 is 0 Å². The van der Waals surface area contributed by atoms with Crippen LogP contribution in [0.3, 0.4) is 0 Å². The third-order valence-corrected chi connectivity index (χ3v) is 7.27. The maximum atomic E-state index is 12.8. The molecule has 13 heteroatoms. The average Bonchev–Trinajstić information content (AvgIpc) is 2.61. The molecule has 0 saturated carbocycles. The van der Waals surface area contributed by atoms with Crippen molar-refractivity contribution < 1.29 is 49.0 Å². The molecular formula is C15H21F3O8SSi. The van der Waals surface area contributed by atoms with E-state index in [1.807, 2.05) is 0 Å². The number of hydrogen-bond donors (Lipinski definition) is 1. The number of alkyl halides is 3. The maximum absolute atomic E-state index is 12.8. The van der Waals surface area contributed by atoms with Crippen LogP contribution in [0, 0.1) is 0 Å². The minimum atomic E-state index is -5.15. The van der Waals surface area contributed by atoms with Crippen LogP contribution >= 0.6 is 0 Å².